The summed E-state index contributed by atoms with van der Waals surface area (Å²) in [6.07, 6.45) is 0. The van der Waals surface area contributed by atoms with Crippen LogP contribution in [0, 0.1) is 0 Å². The maximum atomic E-state index is 12.3. The van der Waals surface area contributed by atoms with Crippen LogP contribution in [-0.2, 0) is 0 Å². The fourth-order valence-corrected chi connectivity index (χ4v) is 2.67. The molecule has 0 spiro atoms. The molecular formula is C17H14N4O3. The van der Waals surface area contributed by atoms with Crippen molar-refractivity contribution in [3.63, 3.8) is 0 Å². The van der Waals surface area contributed by atoms with Crippen molar-refractivity contribution in [2.24, 2.45) is 0 Å². The van der Waals surface area contributed by atoms with E-state index in [9.17, 15) is 4.79 Å². The number of nitrogens with one attached hydrogen (secondary N) is 1. The molecule has 0 fully saturated rings. The van der Waals surface area contributed by atoms with Gasteiger partial charge in [-0.3, -0.25) is 0 Å². The van der Waals surface area contributed by atoms with Gasteiger partial charge in [0, 0.05) is 17.0 Å². The molecule has 0 bridgehead atoms. The van der Waals surface area contributed by atoms with Gasteiger partial charge in [-0.05, 0) is 6.07 Å². The predicted molar refractivity (Wildman–Crippen MR) is 89.7 cm³/mol. The molecule has 4 aromatic rings. The van der Waals surface area contributed by atoms with Crippen LogP contribution in [0.2, 0.25) is 0 Å². The molecule has 0 unspecified atom stereocenters. The van der Waals surface area contributed by atoms with E-state index in [-0.39, 0.29) is 5.69 Å². The molecule has 1 N–H and O–H groups in total. The quantitative estimate of drug-likeness (QED) is 0.625. The molecular weight excluding hydrogens is 308 g/mol. The highest BCUT2D eigenvalue weighted by atomic mass is 16.5. The van der Waals surface area contributed by atoms with Gasteiger partial charge in [0.1, 0.15) is 0 Å². The zero-order valence-corrected chi connectivity index (χ0v) is 13.1. The Bertz CT molecular complexity index is 1100. The molecule has 7 nitrogen and oxygen atoms in total. The summed E-state index contributed by atoms with van der Waals surface area (Å²) in [6, 6.07) is 13.0. The second-order valence-electron chi connectivity index (χ2n) is 5.22. The number of ether oxygens (including phenoxy) is 2. The fraction of sp³-hybridized carbons (Fsp3) is 0.118. The Morgan fingerprint density at radius 1 is 1.04 bits per heavy atom. The fourth-order valence-electron chi connectivity index (χ4n) is 2.67. The zero-order valence-electron chi connectivity index (χ0n) is 13.1. The van der Waals surface area contributed by atoms with Crippen LogP contribution >= 0.6 is 0 Å². The van der Waals surface area contributed by atoms with E-state index in [4.69, 9.17) is 9.47 Å². The maximum Gasteiger partial charge on any atom is 0.348 e. The number of fused-ring (bicyclic) bond motifs is 3. The van der Waals surface area contributed by atoms with Gasteiger partial charge in [0.2, 0.25) is 0 Å². The Balaban J connectivity index is 2.06. The smallest absolute Gasteiger partial charge is 0.348 e. The molecule has 0 aliphatic rings. The minimum absolute atomic E-state index is 0.362. The summed E-state index contributed by atoms with van der Waals surface area (Å²) in [4.78, 5) is 19.7. The Morgan fingerprint density at radius 3 is 2.46 bits per heavy atom. The Morgan fingerprint density at radius 2 is 1.75 bits per heavy atom. The van der Waals surface area contributed by atoms with Crippen LogP contribution in [0.1, 0.15) is 0 Å². The van der Waals surface area contributed by atoms with Gasteiger partial charge in [-0.2, -0.15) is 4.52 Å². The number of rotatable bonds is 3. The Kier molecular flexibility index (Phi) is 3.19. The van der Waals surface area contributed by atoms with Crippen molar-refractivity contribution in [1.82, 2.24) is 19.6 Å². The lowest BCUT2D eigenvalue weighted by molar-refractivity contribution is 0.356. The average molecular weight is 322 g/mol. The third-order valence-electron chi connectivity index (χ3n) is 3.84. The first kappa shape index (κ1) is 14.3. The van der Waals surface area contributed by atoms with E-state index in [0.717, 1.165) is 10.9 Å². The summed E-state index contributed by atoms with van der Waals surface area (Å²) < 4.78 is 11.9. The van der Waals surface area contributed by atoms with E-state index in [1.54, 1.807) is 26.4 Å². The van der Waals surface area contributed by atoms with Crippen molar-refractivity contribution in [3.8, 4) is 22.9 Å². The number of aromatic nitrogens is 4. The summed E-state index contributed by atoms with van der Waals surface area (Å²) >= 11 is 0. The highest BCUT2D eigenvalue weighted by Crippen LogP contribution is 2.32. The second kappa shape index (κ2) is 5.38. The van der Waals surface area contributed by atoms with Gasteiger partial charge in [0.15, 0.2) is 23.0 Å². The van der Waals surface area contributed by atoms with E-state index in [2.05, 4.69) is 15.1 Å². The molecule has 0 saturated heterocycles. The molecule has 24 heavy (non-hydrogen) atoms. The first-order valence-electron chi connectivity index (χ1n) is 7.31. The van der Waals surface area contributed by atoms with Crippen molar-refractivity contribution in [1.29, 1.82) is 0 Å². The van der Waals surface area contributed by atoms with Crippen LogP contribution in [-0.4, -0.2) is 33.8 Å². The number of aromatic amines is 1. The van der Waals surface area contributed by atoms with Gasteiger partial charge >= 0.3 is 5.69 Å². The first-order valence-corrected chi connectivity index (χ1v) is 7.31. The Labute approximate surface area is 136 Å². The average Bonchev–Trinajstić information content (AvgIpc) is 3.08. The molecule has 0 radical (unpaired) electrons. The molecule has 4 rings (SSSR count). The summed E-state index contributed by atoms with van der Waals surface area (Å²) in [5, 5.41) is 5.04. The van der Waals surface area contributed by atoms with Crippen LogP contribution in [0.5, 0.6) is 11.5 Å². The lowest BCUT2D eigenvalue weighted by Gasteiger charge is -2.09. The minimum Gasteiger partial charge on any atom is -0.493 e. The van der Waals surface area contributed by atoms with Crippen molar-refractivity contribution >= 4 is 16.6 Å². The van der Waals surface area contributed by atoms with Crippen molar-refractivity contribution in [3.05, 3.63) is 52.9 Å². The monoisotopic (exact) mass is 322 g/mol. The normalized spacial score (nSPS) is 11.1. The molecule has 0 atom stereocenters. The topological polar surface area (TPSA) is 81.5 Å². The molecule has 0 amide bonds. The highest BCUT2D eigenvalue weighted by Gasteiger charge is 2.15. The molecule has 120 valence electrons. The largest absolute Gasteiger partial charge is 0.493 e. The van der Waals surface area contributed by atoms with Crippen molar-refractivity contribution < 1.29 is 9.47 Å². The molecule has 2 aromatic carbocycles. The molecule has 2 aromatic heterocycles. The number of H-pyrrole nitrogens is 1. The number of methoxy groups -OCH3 is 2. The molecule has 7 heteroatoms. The number of hydrogen-bond donors (Lipinski definition) is 1. The van der Waals surface area contributed by atoms with E-state index in [1.807, 2.05) is 30.3 Å². The van der Waals surface area contributed by atoms with Crippen LogP contribution in [0.4, 0.5) is 0 Å². The van der Waals surface area contributed by atoms with Crippen LogP contribution < -0.4 is 15.2 Å². The van der Waals surface area contributed by atoms with E-state index >= 15 is 0 Å². The highest BCUT2D eigenvalue weighted by molar-refractivity contribution is 5.93. The lowest BCUT2D eigenvalue weighted by atomic mass is 10.2. The lowest BCUT2D eigenvalue weighted by Crippen LogP contribution is -2.17. The SMILES string of the molecule is COc1cc2[nH]c(=O)n3nc(-c4ccccc4)nc3c2cc1OC. The van der Waals surface area contributed by atoms with Crippen LogP contribution in [0.15, 0.2) is 47.3 Å². The van der Waals surface area contributed by atoms with E-state index < -0.39 is 0 Å². The molecule has 0 saturated carbocycles. The maximum absolute atomic E-state index is 12.3. The summed E-state index contributed by atoms with van der Waals surface area (Å²) in [6.45, 7) is 0. The van der Waals surface area contributed by atoms with E-state index in [0.29, 0.717) is 28.5 Å². The molecule has 0 aliphatic heterocycles. The number of hydrogen-bond acceptors (Lipinski definition) is 5. The molecule has 2 heterocycles. The van der Waals surface area contributed by atoms with Gasteiger partial charge in [-0.25, -0.2) is 9.78 Å². The van der Waals surface area contributed by atoms with Crippen molar-refractivity contribution in [2.45, 2.75) is 0 Å². The van der Waals surface area contributed by atoms with Gasteiger partial charge in [-0.15, -0.1) is 5.10 Å². The van der Waals surface area contributed by atoms with Crippen LogP contribution in [0.25, 0.3) is 27.9 Å². The summed E-state index contributed by atoms with van der Waals surface area (Å²) in [7, 11) is 3.11. The standard InChI is InChI=1S/C17H14N4O3/c1-23-13-8-11-12(9-14(13)24-2)18-17(22)21-16(11)19-15(20-21)10-6-4-3-5-7-10/h3-9H,1-2H3,(H,18,22). The van der Waals surface area contributed by atoms with Crippen LogP contribution in [0.3, 0.4) is 0 Å². The Hall–Kier alpha value is -3.35. The van der Waals surface area contributed by atoms with E-state index in [1.165, 1.54) is 4.52 Å². The van der Waals surface area contributed by atoms with Gasteiger partial charge in [0.25, 0.3) is 0 Å². The van der Waals surface area contributed by atoms with Gasteiger partial charge in [-0.1, -0.05) is 30.3 Å². The number of nitrogens with zero attached hydrogens (tertiary/aromatic N) is 3. The van der Waals surface area contributed by atoms with Gasteiger partial charge < -0.3 is 14.5 Å². The second-order valence-corrected chi connectivity index (χ2v) is 5.22. The van der Waals surface area contributed by atoms with Gasteiger partial charge in [0.05, 0.1) is 19.7 Å². The summed E-state index contributed by atoms with van der Waals surface area (Å²) in [5.41, 5.74) is 1.55. The third-order valence-corrected chi connectivity index (χ3v) is 3.84. The summed E-state index contributed by atoms with van der Waals surface area (Å²) in [5.74, 6) is 1.58. The third kappa shape index (κ3) is 2.10. The number of benzene rings is 2. The molecule has 0 aliphatic carbocycles. The minimum atomic E-state index is -0.362. The zero-order chi connectivity index (χ0) is 16.7. The first-order chi connectivity index (χ1) is 11.7. The van der Waals surface area contributed by atoms with Crippen molar-refractivity contribution in [2.75, 3.05) is 14.2 Å². The predicted octanol–water partition coefficient (Wildman–Crippen LogP) is 2.25.